The van der Waals surface area contributed by atoms with Gasteiger partial charge in [-0.2, -0.15) is 0 Å². The van der Waals surface area contributed by atoms with Gasteiger partial charge in [0.2, 0.25) is 0 Å². The van der Waals surface area contributed by atoms with E-state index < -0.39 is 0 Å². The van der Waals surface area contributed by atoms with Crippen molar-refractivity contribution in [2.24, 2.45) is 0 Å². The molecule has 0 aromatic rings. The van der Waals surface area contributed by atoms with Crippen LogP contribution in [-0.4, -0.2) is 25.8 Å². The number of hydrogen-bond donors (Lipinski definition) is 1. The van der Waals surface area contributed by atoms with Crippen LogP contribution in [0.15, 0.2) is 0 Å². The predicted octanol–water partition coefficient (Wildman–Crippen LogP) is 1.95. The monoisotopic (exact) mass is 171 g/mol. The summed E-state index contributed by atoms with van der Waals surface area (Å²) in [4.78, 5) is 0. The summed E-state index contributed by atoms with van der Waals surface area (Å²) in [5.41, 5.74) is 0. The molecule has 0 unspecified atom stereocenters. The maximum Gasteiger partial charge on any atom is 0.0711 e. The molecular formula is C10H21NO. The van der Waals surface area contributed by atoms with E-state index in [0.29, 0.717) is 6.10 Å². The van der Waals surface area contributed by atoms with Crippen LogP contribution in [0.25, 0.3) is 0 Å². The van der Waals surface area contributed by atoms with E-state index in [2.05, 4.69) is 12.2 Å². The minimum atomic E-state index is 0.506. The van der Waals surface area contributed by atoms with Gasteiger partial charge in [0.25, 0.3) is 0 Å². The number of ether oxygens (including phenoxy) is 1. The van der Waals surface area contributed by atoms with Gasteiger partial charge in [-0.05, 0) is 19.4 Å². The second-order valence-electron chi connectivity index (χ2n) is 3.55. The molecule has 1 aliphatic heterocycles. The van der Waals surface area contributed by atoms with Crippen LogP contribution in [0.1, 0.15) is 39.0 Å². The van der Waals surface area contributed by atoms with Crippen molar-refractivity contribution in [2.45, 2.75) is 45.1 Å². The van der Waals surface area contributed by atoms with Gasteiger partial charge in [0.1, 0.15) is 0 Å². The molecule has 1 saturated heterocycles. The Morgan fingerprint density at radius 1 is 1.33 bits per heavy atom. The van der Waals surface area contributed by atoms with E-state index in [-0.39, 0.29) is 0 Å². The molecule has 0 aromatic heterocycles. The van der Waals surface area contributed by atoms with Crippen LogP contribution in [0.5, 0.6) is 0 Å². The van der Waals surface area contributed by atoms with Crippen molar-refractivity contribution in [3.63, 3.8) is 0 Å². The molecule has 1 N–H and O–H groups in total. The zero-order valence-electron chi connectivity index (χ0n) is 8.14. The zero-order chi connectivity index (χ0) is 8.65. The summed E-state index contributed by atoms with van der Waals surface area (Å²) in [7, 11) is 0. The van der Waals surface area contributed by atoms with Gasteiger partial charge >= 0.3 is 0 Å². The summed E-state index contributed by atoms with van der Waals surface area (Å²) >= 11 is 0. The summed E-state index contributed by atoms with van der Waals surface area (Å²) in [6.07, 6.45) is 6.94. The molecule has 12 heavy (non-hydrogen) atoms. The summed E-state index contributed by atoms with van der Waals surface area (Å²) in [6.45, 7) is 5.40. The van der Waals surface area contributed by atoms with Crippen LogP contribution in [-0.2, 0) is 4.74 Å². The Labute approximate surface area is 75.7 Å². The Morgan fingerprint density at radius 3 is 2.92 bits per heavy atom. The molecule has 1 aliphatic rings. The molecular weight excluding hydrogens is 150 g/mol. The average molecular weight is 171 g/mol. The van der Waals surface area contributed by atoms with Crippen molar-refractivity contribution in [3.05, 3.63) is 0 Å². The minimum absolute atomic E-state index is 0.506. The second-order valence-corrected chi connectivity index (χ2v) is 3.55. The molecule has 1 atom stereocenters. The standard InChI is InChI=1S/C10H21NO/c1-2-3-4-5-8-12-10-6-7-11-9-10/h10-11H,2-9H2,1H3/t10-/m1/s1. The minimum Gasteiger partial charge on any atom is -0.377 e. The van der Waals surface area contributed by atoms with E-state index >= 15 is 0 Å². The summed E-state index contributed by atoms with van der Waals surface area (Å²) in [6, 6.07) is 0. The van der Waals surface area contributed by atoms with E-state index in [9.17, 15) is 0 Å². The van der Waals surface area contributed by atoms with E-state index in [1.807, 2.05) is 0 Å². The van der Waals surface area contributed by atoms with Crippen molar-refractivity contribution in [1.29, 1.82) is 0 Å². The van der Waals surface area contributed by atoms with Gasteiger partial charge in [-0.3, -0.25) is 0 Å². The van der Waals surface area contributed by atoms with Gasteiger partial charge in [0.15, 0.2) is 0 Å². The molecule has 2 nitrogen and oxygen atoms in total. The molecule has 0 radical (unpaired) electrons. The van der Waals surface area contributed by atoms with Gasteiger partial charge in [-0.15, -0.1) is 0 Å². The molecule has 0 amide bonds. The lowest BCUT2D eigenvalue weighted by Crippen LogP contribution is -2.17. The van der Waals surface area contributed by atoms with Crippen LogP contribution < -0.4 is 5.32 Å². The Kier molecular flexibility index (Phi) is 5.37. The third-order valence-corrected chi connectivity index (χ3v) is 2.37. The first kappa shape index (κ1) is 10.0. The van der Waals surface area contributed by atoms with Crippen molar-refractivity contribution >= 4 is 0 Å². The Bertz CT molecular complexity index is 100. The van der Waals surface area contributed by atoms with Crippen LogP contribution in [0, 0.1) is 0 Å². The van der Waals surface area contributed by atoms with Gasteiger partial charge in [0.05, 0.1) is 6.10 Å². The molecule has 2 heteroatoms. The van der Waals surface area contributed by atoms with Crippen molar-refractivity contribution in [2.75, 3.05) is 19.7 Å². The zero-order valence-corrected chi connectivity index (χ0v) is 8.14. The molecule has 0 bridgehead atoms. The van der Waals surface area contributed by atoms with Gasteiger partial charge < -0.3 is 10.1 Å². The normalized spacial score (nSPS) is 23.2. The summed E-state index contributed by atoms with van der Waals surface area (Å²) < 4.78 is 5.69. The molecule has 1 rings (SSSR count). The van der Waals surface area contributed by atoms with Crippen LogP contribution >= 0.6 is 0 Å². The van der Waals surface area contributed by atoms with Gasteiger partial charge in [-0.1, -0.05) is 26.2 Å². The Balaban J connectivity index is 1.81. The first-order valence-electron chi connectivity index (χ1n) is 5.26. The second kappa shape index (κ2) is 6.44. The van der Waals surface area contributed by atoms with Crippen molar-refractivity contribution in [3.8, 4) is 0 Å². The van der Waals surface area contributed by atoms with Gasteiger partial charge in [-0.25, -0.2) is 0 Å². The molecule has 0 spiro atoms. The predicted molar refractivity (Wildman–Crippen MR) is 51.4 cm³/mol. The number of nitrogens with one attached hydrogen (secondary N) is 1. The fraction of sp³-hybridized carbons (Fsp3) is 1.00. The molecule has 1 fully saturated rings. The number of unbranched alkanes of at least 4 members (excludes halogenated alkanes) is 3. The fourth-order valence-corrected chi connectivity index (χ4v) is 1.55. The van der Waals surface area contributed by atoms with Crippen LogP contribution in [0.4, 0.5) is 0 Å². The fourth-order valence-electron chi connectivity index (χ4n) is 1.55. The quantitative estimate of drug-likeness (QED) is 0.617. The van der Waals surface area contributed by atoms with Crippen LogP contribution in [0.2, 0.25) is 0 Å². The highest BCUT2D eigenvalue weighted by Gasteiger charge is 2.13. The third kappa shape index (κ3) is 4.07. The smallest absolute Gasteiger partial charge is 0.0711 e. The Morgan fingerprint density at radius 2 is 2.25 bits per heavy atom. The average Bonchev–Trinajstić information content (AvgIpc) is 2.57. The van der Waals surface area contributed by atoms with Crippen LogP contribution in [0.3, 0.4) is 0 Å². The highest BCUT2D eigenvalue weighted by Crippen LogP contribution is 2.05. The van der Waals surface area contributed by atoms with E-state index in [1.165, 1.54) is 32.1 Å². The van der Waals surface area contributed by atoms with E-state index in [1.54, 1.807) is 0 Å². The Hall–Kier alpha value is -0.0800. The molecule has 1 heterocycles. The summed E-state index contributed by atoms with van der Waals surface area (Å²) in [5, 5.41) is 3.30. The maximum absolute atomic E-state index is 5.69. The van der Waals surface area contributed by atoms with Gasteiger partial charge in [0, 0.05) is 13.2 Å². The maximum atomic E-state index is 5.69. The lowest BCUT2D eigenvalue weighted by Gasteiger charge is -2.09. The van der Waals surface area contributed by atoms with E-state index in [0.717, 1.165) is 19.7 Å². The van der Waals surface area contributed by atoms with Crippen molar-refractivity contribution in [1.82, 2.24) is 5.32 Å². The summed E-state index contributed by atoms with van der Waals surface area (Å²) in [5.74, 6) is 0. The molecule has 0 aromatic carbocycles. The third-order valence-electron chi connectivity index (χ3n) is 2.37. The highest BCUT2D eigenvalue weighted by molar-refractivity contribution is 4.70. The SMILES string of the molecule is CCCCCCO[C@@H]1CCNC1. The largest absolute Gasteiger partial charge is 0.377 e. The topological polar surface area (TPSA) is 21.3 Å². The molecule has 0 saturated carbocycles. The molecule has 0 aliphatic carbocycles. The van der Waals surface area contributed by atoms with E-state index in [4.69, 9.17) is 4.74 Å². The first-order chi connectivity index (χ1) is 5.93. The first-order valence-corrected chi connectivity index (χ1v) is 5.26. The highest BCUT2D eigenvalue weighted by atomic mass is 16.5. The molecule has 72 valence electrons. The lowest BCUT2D eigenvalue weighted by molar-refractivity contribution is 0.0642. The number of rotatable bonds is 6. The number of hydrogen-bond acceptors (Lipinski definition) is 2. The lowest BCUT2D eigenvalue weighted by atomic mass is 10.2. The van der Waals surface area contributed by atoms with Crippen molar-refractivity contribution < 1.29 is 4.74 Å².